The second-order valence-electron chi connectivity index (χ2n) is 13.1. The molecule has 0 amide bonds. The third-order valence-electron chi connectivity index (χ3n) is 9.52. The molecule has 0 N–H and O–H groups in total. The van der Waals surface area contributed by atoms with Crippen LogP contribution in [0, 0.1) is 17.2 Å². The Morgan fingerprint density at radius 3 is 2.06 bits per heavy atom. The van der Waals surface area contributed by atoms with E-state index in [0.717, 1.165) is 28.2 Å². The summed E-state index contributed by atoms with van der Waals surface area (Å²) in [7, 11) is 1.65. The molecule has 3 aromatic carbocycles. The maximum Gasteiger partial charge on any atom is 0.261 e. The molecule has 2 aliphatic heterocycles. The Balaban J connectivity index is 1.39. The van der Waals surface area contributed by atoms with Crippen LogP contribution in [0.15, 0.2) is 78.9 Å². The fourth-order valence-electron chi connectivity index (χ4n) is 7.35. The molecule has 6 atom stereocenters. The monoisotopic (exact) mass is 692 g/mol. The van der Waals surface area contributed by atoms with Crippen molar-refractivity contribution in [2.75, 3.05) is 40.8 Å². The van der Waals surface area contributed by atoms with E-state index in [-0.39, 0.29) is 38.5 Å². The molecule has 262 valence electrons. The van der Waals surface area contributed by atoms with E-state index in [2.05, 4.69) is 50.6 Å². The number of hydrogen-bond donors (Lipinski definition) is 0. The number of rotatable bonds is 16. The van der Waals surface area contributed by atoms with E-state index >= 15 is 0 Å². The van der Waals surface area contributed by atoms with Crippen molar-refractivity contribution in [3.8, 4) is 17.6 Å². The van der Waals surface area contributed by atoms with E-state index in [9.17, 15) is 5.26 Å². The smallest absolute Gasteiger partial charge is 0.261 e. The van der Waals surface area contributed by atoms with E-state index in [4.69, 9.17) is 38.8 Å². The van der Waals surface area contributed by atoms with Crippen molar-refractivity contribution < 1.29 is 38.8 Å². The molecular weight excluding hydrogens is 643 g/mol. The number of benzene rings is 3. The normalized spacial score (nSPS) is 26.9. The zero-order valence-electron chi connectivity index (χ0n) is 30.0. The van der Waals surface area contributed by atoms with Crippen LogP contribution < -0.4 is 9.47 Å². The number of methoxy groups -OCH3 is 2. The number of nitrogens with zero attached hydrogens (tertiary/aromatic N) is 2. The van der Waals surface area contributed by atoms with E-state index < -0.39 is 44.1 Å². The minimum atomic E-state index is -1.64. The molecule has 0 bridgehead atoms. The number of ether oxygens (including phenoxy) is 6. The molecule has 0 spiro atoms. The summed E-state index contributed by atoms with van der Waals surface area (Å²) in [6.45, 7) is 7.71. The summed E-state index contributed by atoms with van der Waals surface area (Å²) in [6.07, 6.45) is -0.0549. The van der Waals surface area contributed by atoms with Gasteiger partial charge in [-0.05, 0) is 68.7 Å². The van der Waals surface area contributed by atoms with Gasteiger partial charge in [0.25, 0.3) is 8.53 Å². The molecule has 0 radical (unpaired) electrons. The lowest BCUT2D eigenvalue weighted by atomic mass is 9.63. The second kappa shape index (κ2) is 15.0. The predicted octanol–water partition coefficient (Wildman–Crippen LogP) is 7.16. The maximum absolute atomic E-state index is 9.24. The summed E-state index contributed by atoms with van der Waals surface area (Å²) in [6, 6.07) is 28.2. The fraction of sp³-hybridized carbons (Fsp3) is 0.500. The van der Waals surface area contributed by atoms with Gasteiger partial charge in [0.05, 0.1) is 59.9 Å². The molecule has 3 fully saturated rings. The minimum Gasteiger partial charge on any atom is -0.497 e. The van der Waals surface area contributed by atoms with Crippen LogP contribution in [0.4, 0.5) is 0 Å². The van der Waals surface area contributed by atoms with Gasteiger partial charge >= 0.3 is 0 Å². The summed E-state index contributed by atoms with van der Waals surface area (Å²) < 4.78 is 61.6. The van der Waals surface area contributed by atoms with Gasteiger partial charge in [0, 0.05) is 18.5 Å². The Morgan fingerprint density at radius 2 is 1.51 bits per heavy atom. The molecule has 2 heterocycles. The molecule has 3 aliphatic rings. The molecular formula is C38H47N2O8P. The molecule has 0 aromatic heterocycles. The van der Waals surface area contributed by atoms with Gasteiger partial charge in [-0.3, -0.25) is 4.52 Å². The first-order chi connectivity index (χ1) is 24.1. The molecule has 11 heteroatoms. The van der Waals surface area contributed by atoms with E-state index in [1.807, 2.05) is 66.7 Å². The predicted molar refractivity (Wildman–Crippen MR) is 185 cm³/mol. The maximum atomic E-state index is 9.24. The van der Waals surface area contributed by atoms with E-state index in [1.165, 1.54) is 0 Å². The zero-order chi connectivity index (χ0) is 35.5. The summed E-state index contributed by atoms with van der Waals surface area (Å²) >= 11 is 0. The van der Waals surface area contributed by atoms with Crippen LogP contribution >= 0.6 is 8.53 Å². The SMILES string of the molecule is [3H][C@@H]1O[C@@]2(COC(c3ccccc3)(c3ccc(OC)cc3)c3ccc(OC)cc3)CC3(OP(OCCC#N)N(C(C)C)C(C)C)OCO[C@H]1C32. The van der Waals surface area contributed by atoms with Crippen molar-refractivity contribution in [1.82, 2.24) is 4.67 Å². The van der Waals surface area contributed by atoms with Gasteiger partial charge in [0.2, 0.25) is 0 Å². The van der Waals surface area contributed by atoms with Gasteiger partial charge in [-0.2, -0.15) is 5.26 Å². The number of nitriles is 1. The average Bonchev–Trinajstić information content (AvgIpc) is 3.38. The molecule has 1 saturated carbocycles. The lowest BCUT2D eigenvalue weighted by Gasteiger charge is -2.60. The summed E-state index contributed by atoms with van der Waals surface area (Å²) in [4.78, 5) is 0. The minimum absolute atomic E-state index is 0.0345. The topological polar surface area (TPSA) is 101 Å². The number of hydrogen-bond acceptors (Lipinski definition) is 10. The van der Waals surface area contributed by atoms with Crippen LogP contribution in [0.25, 0.3) is 0 Å². The van der Waals surface area contributed by atoms with Crippen molar-refractivity contribution in [2.45, 2.75) is 75.7 Å². The van der Waals surface area contributed by atoms with Gasteiger partial charge < -0.3 is 32.9 Å². The largest absolute Gasteiger partial charge is 0.497 e. The van der Waals surface area contributed by atoms with Crippen LogP contribution in [0.5, 0.6) is 11.5 Å². The lowest BCUT2D eigenvalue weighted by molar-refractivity contribution is -0.396. The third-order valence-corrected chi connectivity index (χ3v) is 11.7. The van der Waals surface area contributed by atoms with Crippen molar-refractivity contribution in [3.63, 3.8) is 0 Å². The highest BCUT2D eigenvalue weighted by Gasteiger charge is 2.75. The van der Waals surface area contributed by atoms with Crippen LogP contribution in [-0.2, 0) is 33.6 Å². The third kappa shape index (κ3) is 6.72. The molecule has 49 heavy (non-hydrogen) atoms. The van der Waals surface area contributed by atoms with Crippen molar-refractivity contribution in [3.05, 3.63) is 95.6 Å². The van der Waals surface area contributed by atoms with E-state index in [0.29, 0.717) is 6.42 Å². The summed E-state index contributed by atoms with van der Waals surface area (Å²) in [5.74, 6) is -0.147. The Labute approximate surface area is 292 Å². The van der Waals surface area contributed by atoms with Crippen LogP contribution in [0.1, 0.15) is 58.6 Å². The highest BCUT2D eigenvalue weighted by atomic mass is 31.2. The molecule has 2 saturated heterocycles. The first-order valence-electron chi connectivity index (χ1n) is 17.3. The van der Waals surface area contributed by atoms with E-state index in [1.54, 1.807) is 14.2 Å². The first kappa shape index (κ1) is 34.4. The molecule has 6 rings (SSSR count). The Morgan fingerprint density at radius 1 is 0.918 bits per heavy atom. The van der Waals surface area contributed by atoms with Crippen LogP contribution in [0.3, 0.4) is 0 Å². The Bertz CT molecular complexity index is 1550. The van der Waals surface area contributed by atoms with Crippen LogP contribution in [0.2, 0.25) is 0 Å². The Kier molecular flexibility index (Phi) is 10.5. The zero-order valence-corrected chi connectivity index (χ0v) is 29.9. The van der Waals surface area contributed by atoms with Gasteiger partial charge in [-0.15, -0.1) is 0 Å². The Hall–Kier alpha value is -3.10. The molecule has 1 aliphatic carbocycles. The molecule has 3 unspecified atom stereocenters. The van der Waals surface area contributed by atoms with Gasteiger partial charge in [-0.1, -0.05) is 54.6 Å². The standard InChI is InChI=1S/C38H47N2O8P/c1-27(2)40(28(3)4)49(47-22-10-21-39)48-37-24-36(35(37)34(23-44-36)43-26-46-37)25-45-38(29-11-8-7-9-12-29,30-13-17-32(41-5)18-14-30)31-15-19-33(42-6)20-16-31/h7-9,11-20,27-28,34-35H,10,22-26H2,1-6H3/t34-,35?,36-,37?,49?/m1/s1/i23T/t23-,34+,35?,36+,37?,49?/m0. The van der Waals surface area contributed by atoms with Gasteiger partial charge in [0.15, 0.2) is 12.6 Å². The first-order valence-corrected chi connectivity index (χ1v) is 17.9. The summed E-state index contributed by atoms with van der Waals surface area (Å²) in [5, 5.41) is 9.24. The van der Waals surface area contributed by atoms with Crippen molar-refractivity contribution in [1.29, 1.82) is 5.26 Å². The quantitative estimate of drug-likeness (QED) is 0.0873. The average molecular weight is 693 g/mol. The van der Waals surface area contributed by atoms with Crippen molar-refractivity contribution in [2.24, 2.45) is 5.92 Å². The summed E-state index contributed by atoms with van der Waals surface area (Å²) in [5.41, 5.74) is 0.660. The fourth-order valence-corrected chi connectivity index (χ4v) is 9.13. The van der Waals surface area contributed by atoms with Gasteiger partial charge in [-0.25, -0.2) is 4.67 Å². The highest BCUT2D eigenvalue weighted by Crippen LogP contribution is 2.65. The lowest BCUT2D eigenvalue weighted by Crippen LogP contribution is -2.72. The molecule has 10 nitrogen and oxygen atoms in total. The highest BCUT2D eigenvalue weighted by molar-refractivity contribution is 7.44. The van der Waals surface area contributed by atoms with Crippen molar-refractivity contribution >= 4 is 8.53 Å². The second-order valence-corrected chi connectivity index (χ2v) is 14.5. The molecule has 3 aromatic rings. The van der Waals surface area contributed by atoms with Crippen LogP contribution in [-0.4, -0.2) is 75.1 Å². The van der Waals surface area contributed by atoms with Gasteiger partial charge in [0.1, 0.15) is 22.7 Å².